The highest BCUT2D eigenvalue weighted by molar-refractivity contribution is 7.57. The van der Waals surface area contributed by atoms with E-state index in [1.807, 2.05) is 0 Å². The van der Waals surface area contributed by atoms with E-state index in [0.717, 1.165) is 0 Å². The number of carboxylic acids is 1. The van der Waals surface area contributed by atoms with Crippen molar-refractivity contribution in [3.63, 3.8) is 0 Å². The summed E-state index contributed by atoms with van der Waals surface area (Å²) in [6, 6.07) is 12.0. The maximum atomic E-state index is 12.6. The number of aromatic nitrogens is 1. The van der Waals surface area contributed by atoms with Crippen LogP contribution in [0.2, 0.25) is 0 Å². The van der Waals surface area contributed by atoms with Gasteiger partial charge in [-0.2, -0.15) is 0 Å². The molecular weight excluding hydrogens is 407 g/mol. The molecule has 2 unspecified atom stereocenters. The van der Waals surface area contributed by atoms with Crippen molar-refractivity contribution in [1.29, 1.82) is 0 Å². The van der Waals surface area contributed by atoms with Gasteiger partial charge in [-0.05, 0) is 44.4 Å². The predicted octanol–water partition coefficient (Wildman–Crippen LogP) is 4.14. The molecule has 0 saturated carbocycles. The summed E-state index contributed by atoms with van der Waals surface area (Å²) < 4.78 is 17.7. The van der Waals surface area contributed by atoms with Crippen molar-refractivity contribution in [2.24, 2.45) is 5.92 Å². The molecule has 2 aromatic rings. The quantitative estimate of drug-likeness (QED) is 0.533. The molecule has 8 nitrogen and oxygen atoms in total. The first-order valence-corrected chi connectivity index (χ1v) is 11.5. The normalized spacial score (nSPS) is 14.4. The number of hydrogen-bond donors (Lipinski definition) is 3. The van der Waals surface area contributed by atoms with Crippen molar-refractivity contribution in [3.8, 4) is 0 Å². The fourth-order valence-corrected chi connectivity index (χ4v) is 4.70. The Kier molecular flexibility index (Phi) is 7.76. The van der Waals surface area contributed by atoms with Gasteiger partial charge in [0.2, 0.25) is 7.37 Å². The number of carbonyl (C=O) groups excluding carboxylic acids is 1. The molecule has 9 heteroatoms. The number of pyridine rings is 1. The van der Waals surface area contributed by atoms with Crippen LogP contribution < -0.4 is 5.32 Å². The minimum absolute atomic E-state index is 0.0500. The van der Waals surface area contributed by atoms with Gasteiger partial charge < -0.3 is 14.7 Å². The monoisotopic (exact) mass is 434 g/mol. The van der Waals surface area contributed by atoms with Crippen molar-refractivity contribution in [1.82, 2.24) is 4.98 Å². The number of hydrogen-bond acceptors (Lipinski definition) is 5. The number of carboxylic acid groups (broad SMARTS) is 1. The van der Waals surface area contributed by atoms with Gasteiger partial charge in [0.1, 0.15) is 11.4 Å². The highest BCUT2D eigenvalue weighted by Crippen LogP contribution is 2.46. The lowest BCUT2D eigenvalue weighted by Gasteiger charge is -2.19. The molecule has 30 heavy (non-hydrogen) atoms. The van der Waals surface area contributed by atoms with E-state index >= 15 is 0 Å². The largest absolute Gasteiger partial charge is 0.481 e. The number of anilines is 1. The molecule has 0 aliphatic heterocycles. The van der Waals surface area contributed by atoms with Crippen LogP contribution in [0.5, 0.6) is 0 Å². The van der Waals surface area contributed by atoms with Gasteiger partial charge in [0.05, 0.1) is 5.92 Å². The number of nitrogens with one attached hydrogen (secondary N) is 1. The number of carbonyl (C=O) groups is 2. The van der Waals surface area contributed by atoms with Crippen molar-refractivity contribution in [2.45, 2.75) is 39.0 Å². The second-order valence-electron chi connectivity index (χ2n) is 8.09. The van der Waals surface area contributed by atoms with E-state index in [1.54, 1.807) is 57.2 Å². The molecular formula is C21H27N2O6P. The van der Waals surface area contributed by atoms with Gasteiger partial charge in [0.15, 0.2) is 0 Å². The number of amides is 1. The van der Waals surface area contributed by atoms with Gasteiger partial charge >= 0.3 is 12.1 Å². The molecule has 0 bridgehead atoms. The summed E-state index contributed by atoms with van der Waals surface area (Å²) in [5, 5.41) is 12.0. The first-order valence-electron chi connectivity index (χ1n) is 9.46. The van der Waals surface area contributed by atoms with Crippen molar-refractivity contribution >= 4 is 25.2 Å². The highest BCUT2D eigenvalue weighted by Gasteiger charge is 2.29. The highest BCUT2D eigenvalue weighted by atomic mass is 31.2. The Morgan fingerprint density at radius 2 is 1.80 bits per heavy atom. The van der Waals surface area contributed by atoms with Crippen LogP contribution >= 0.6 is 7.37 Å². The number of aliphatic carboxylic acids is 1. The molecule has 2 rings (SSSR count). The standard InChI is InChI=1S/C21H27N2O6P/c1-21(2,3)29-20(26)23-18-10-9-16(12-22-18)11-17(19(24)25)14-30(27,28)13-15-7-5-4-6-8-15/h4-10,12,17H,11,13-14H2,1-3H3,(H,24,25)(H,27,28)(H,22,23,26). The van der Waals surface area contributed by atoms with E-state index in [1.165, 1.54) is 12.3 Å². The van der Waals surface area contributed by atoms with Crippen LogP contribution in [0.15, 0.2) is 48.7 Å². The minimum atomic E-state index is -3.68. The smallest absolute Gasteiger partial charge is 0.413 e. The molecule has 0 fully saturated rings. The molecule has 1 heterocycles. The zero-order valence-electron chi connectivity index (χ0n) is 17.2. The Morgan fingerprint density at radius 3 is 2.33 bits per heavy atom. The Balaban J connectivity index is 2.00. The van der Waals surface area contributed by atoms with E-state index in [4.69, 9.17) is 4.74 Å². The van der Waals surface area contributed by atoms with E-state index in [-0.39, 0.29) is 24.6 Å². The molecule has 0 aliphatic carbocycles. The van der Waals surface area contributed by atoms with Crippen molar-refractivity contribution < 1.29 is 28.9 Å². The minimum Gasteiger partial charge on any atom is -0.481 e. The third kappa shape index (κ3) is 8.35. The van der Waals surface area contributed by atoms with Crippen LogP contribution in [-0.2, 0) is 26.7 Å². The maximum Gasteiger partial charge on any atom is 0.413 e. The summed E-state index contributed by atoms with van der Waals surface area (Å²) in [4.78, 5) is 37.8. The molecule has 0 radical (unpaired) electrons. The van der Waals surface area contributed by atoms with Gasteiger partial charge in [-0.1, -0.05) is 36.4 Å². The molecule has 3 N–H and O–H groups in total. The lowest BCUT2D eigenvalue weighted by molar-refractivity contribution is -0.141. The third-order valence-corrected chi connectivity index (χ3v) is 5.93. The average molecular weight is 434 g/mol. The summed E-state index contributed by atoms with van der Waals surface area (Å²) in [6.07, 6.45) is 0.425. The van der Waals surface area contributed by atoms with E-state index < -0.39 is 31.0 Å². The third-order valence-electron chi connectivity index (χ3n) is 4.06. The number of rotatable bonds is 8. The van der Waals surface area contributed by atoms with Crippen LogP contribution in [0.3, 0.4) is 0 Å². The molecule has 0 spiro atoms. The van der Waals surface area contributed by atoms with Gasteiger partial charge in [-0.3, -0.25) is 14.7 Å². The van der Waals surface area contributed by atoms with Crippen LogP contribution in [-0.4, -0.2) is 38.8 Å². The lowest BCUT2D eigenvalue weighted by atomic mass is 10.0. The Morgan fingerprint density at radius 1 is 1.13 bits per heavy atom. The molecule has 162 valence electrons. The molecule has 2 atom stereocenters. The Hall–Kier alpha value is -2.70. The number of ether oxygens (including phenoxy) is 1. The molecule has 0 saturated heterocycles. The van der Waals surface area contributed by atoms with Crippen molar-refractivity contribution in [3.05, 3.63) is 59.8 Å². The first kappa shape index (κ1) is 23.6. The molecule has 1 amide bonds. The van der Waals surface area contributed by atoms with Gasteiger partial charge in [-0.25, -0.2) is 9.78 Å². The second-order valence-corrected chi connectivity index (χ2v) is 10.5. The summed E-state index contributed by atoms with van der Waals surface area (Å²) in [5.74, 6) is -1.92. The summed E-state index contributed by atoms with van der Waals surface area (Å²) >= 11 is 0. The Bertz CT molecular complexity index is 909. The number of benzene rings is 1. The van der Waals surface area contributed by atoms with Crippen LogP contribution in [0.1, 0.15) is 31.9 Å². The van der Waals surface area contributed by atoms with Crippen LogP contribution in [0.4, 0.5) is 10.6 Å². The summed E-state index contributed by atoms with van der Waals surface area (Å²) in [7, 11) is -3.68. The number of nitrogens with zero attached hydrogens (tertiary/aromatic N) is 1. The lowest BCUT2D eigenvalue weighted by Crippen LogP contribution is -2.27. The maximum absolute atomic E-state index is 12.6. The molecule has 1 aromatic heterocycles. The van der Waals surface area contributed by atoms with Crippen LogP contribution in [0, 0.1) is 5.92 Å². The average Bonchev–Trinajstić information content (AvgIpc) is 2.61. The van der Waals surface area contributed by atoms with E-state index in [0.29, 0.717) is 11.1 Å². The summed E-state index contributed by atoms with van der Waals surface area (Å²) in [6.45, 7) is 5.23. The molecule has 1 aromatic carbocycles. The SMILES string of the molecule is CC(C)(C)OC(=O)Nc1ccc(CC(CP(=O)(O)Cc2ccccc2)C(=O)O)cn1. The van der Waals surface area contributed by atoms with Gasteiger partial charge in [0.25, 0.3) is 0 Å². The molecule has 0 aliphatic rings. The van der Waals surface area contributed by atoms with E-state index in [9.17, 15) is 24.2 Å². The summed E-state index contributed by atoms with van der Waals surface area (Å²) in [5.41, 5.74) is 0.625. The van der Waals surface area contributed by atoms with Crippen molar-refractivity contribution in [2.75, 3.05) is 11.5 Å². The van der Waals surface area contributed by atoms with Crippen LogP contribution in [0.25, 0.3) is 0 Å². The predicted molar refractivity (Wildman–Crippen MR) is 114 cm³/mol. The zero-order chi connectivity index (χ0) is 22.4. The van der Waals surface area contributed by atoms with Gasteiger partial charge in [-0.15, -0.1) is 0 Å². The van der Waals surface area contributed by atoms with E-state index in [2.05, 4.69) is 10.3 Å². The fourth-order valence-electron chi connectivity index (χ4n) is 2.82. The topological polar surface area (TPSA) is 126 Å². The Labute approximate surface area is 175 Å². The first-order chi connectivity index (χ1) is 13.9. The van der Waals surface area contributed by atoms with Gasteiger partial charge in [0, 0.05) is 18.5 Å². The second kappa shape index (κ2) is 9.87. The zero-order valence-corrected chi connectivity index (χ0v) is 18.1. The fraction of sp³-hybridized carbons (Fsp3) is 0.381.